The Labute approximate surface area is 131 Å². The van der Waals surface area contributed by atoms with E-state index in [1.807, 2.05) is 0 Å². The Kier molecular flexibility index (Phi) is 4.75. The summed E-state index contributed by atoms with van der Waals surface area (Å²) in [6, 6.07) is 6.13. The zero-order valence-corrected chi connectivity index (χ0v) is 13.5. The Morgan fingerprint density at radius 1 is 0.950 bits per heavy atom. The maximum absolute atomic E-state index is 13.7. The van der Waals surface area contributed by atoms with E-state index in [2.05, 4.69) is 37.2 Å². The van der Waals surface area contributed by atoms with E-state index < -0.39 is 11.6 Å². The summed E-state index contributed by atoms with van der Waals surface area (Å²) in [7, 11) is 0. The SMILES string of the molecule is CC(Nc1cc(Br)c(F)cc1F)c1ccc(F)cc1Br. The minimum atomic E-state index is -0.684. The van der Waals surface area contributed by atoms with Crippen LogP contribution in [0.2, 0.25) is 0 Å². The molecule has 2 aromatic carbocycles. The Bertz CT molecular complexity index is 647. The normalized spacial score (nSPS) is 12.3. The molecule has 0 bridgehead atoms. The predicted molar refractivity (Wildman–Crippen MR) is 80.2 cm³/mol. The second kappa shape index (κ2) is 6.18. The van der Waals surface area contributed by atoms with Crippen LogP contribution in [0.3, 0.4) is 0 Å². The van der Waals surface area contributed by atoms with E-state index in [-0.39, 0.29) is 22.0 Å². The van der Waals surface area contributed by atoms with Crippen LogP contribution in [0.5, 0.6) is 0 Å². The van der Waals surface area contributed by atoms with Gasteiger partial charge in [-0.2, -0.15) is 0 Å². The molecular weight excluding hydrogens is 399 g/mol. The lowest BCUT2D eigenvalue weighted by molar-refractivity contribution is 0.579. The Morgan fingerprint density at radius 3 is 2.30 bits per heavy atom. The van der Waals surface area contributed by atoms with E-state index in [1.54, 1.807) is 13.0 Å². The Hall–Kier alpha value is -1.01. The standard InChI is InChI=1S/C14H10Br2F3N/c1-7(9-3-2-8(17)4-10(9)15)20-14-5-11(16)12(18)6-13(14)19/h2-7,20H,1H3. The van der Waals surface area contributed by atoms with Crippen molar-refractivity contribution < 1.29 is 13.2 Å². The van der Waals surface area contributed by atoms with Crippen LogP contribution in [0.25, 0.3) is 0 Å². The van der Waals surface area contributed by atoms with Crippen molar-refractivity contribution in [3.05, 3.63) is 62.3 Å². The molecule has 2 aromatic rings. The van der Waals surface area contributed by atoms with Crippen LogP contribution in [-0.2, 0) is 0 Å². The molecular formula is C14H10Br2F3N. The van der Waals surface area contributed by atoms with Crippen LogP contribution in [0.4, 0.5) is 18.9 Å². The lowest BCUT2D eigenvalue weighted by Gasteiger charge is -2.18. The van der Waals surface area contributed by atoms with Crippen molar-refractivity contribution >= 4 is 37.5 Å². The van der Waals surface area contributed by atoms with Crippen molar-refractivity contribution in [3.63, 3.8) is 0 Å². The topological polar surface area (TPSA) is 12.0 Å². The van der Waals surface area contributed by atoms with Crippen LogP contribution in [0, 0.1) is 17.5 Å². The van der Waals surface area contributed by atoms with Gasteiger partial charge in [0.15, 0.2) is 0 Å². The fraction of sp³-hybridized carbons (Fsp3) is 0.143. The first-order valence-electron chi connectivity index (χ1n) is 5.74. The van der Waals surface area contributed by atoms with Gasteiger partial charge in [-0.25, -0.2) is 13.2 Å². The van der Waals surface area contributed by atoms with E-state index in [9.17, 15) is 13.2 Å². The highest BCUT2D eigenvalue weighted by molar-refractivity contribution is 9.10. The molecule has 1 unspecified atom stereocenters. The van der Waals surface area contributed by atoms with E-state index in [1.165, 1.54) is 18.2 Å². The summed E-state index contributed by atoms with van der Waals surface area (Å²) in [5.41, 5.74) is 0.938. The van der Waals surface area contributed by atoms with Crippen molar-refractivity contribution in [1.29, 1.82) is 0 Å². The third kappa shape index (κ3) is 3.35. The van der Waals surface area contributed by atoms with Gasteiger partial charge in [0.05, 0.1) is 10.2 Å². The molecule has 0 aromatic heterocycles. The molecule has 0 saturated carbocycles. The molecule has 0 fully saturated rings. The van der Waals surface area contributed by atoms with Gasteiger partial charge < -0.3 is 5.32 Å². The first-order valence-corrected chi connectivity index (χ1v) is 7.33. The molecule has 6 heteroatoms. The highest BCUT2D eigenvalue weighted by atomic mass is 79.9. The first-order chi connectivity index (χ1) is 9.38. The van der Waals surface area contributed by atoms with Gasteiger partial charge in [0.25, 0.3) is 0 Å². The van der Waals surface area contributed by atoms with Gasteiger partial charge >= 0.3 is 0 Å². The molecule has 1 atom stereocenters. The Balaban J connectivity index is 2.27. The van der Waals surface area contributed by atoms with E-state index in [0.29, 0.717) is 4.47 Å². The summed E-state index contributed by atoms with van der Waals surface area (Å²) in [4.78, 5) is 0. The van der Waals surface area contributed by atoms with Crippen molar-refractivity contribution in [2.75, 3.05) is 5.32 Å². The molecule has 0 amide bonds. The second-order valence-electron chi connectivity index (χ2n) is 4.28. The number of benzene rings is 2. The van der Waals surface area contributed by atoms with Crippen LogP contribution in [-0.4, -0.2) is 0 Å². The third-order valence-corrected chi connectivity index (χ3v) is 4.11. The largest absolute Gasteiger partial charge is 0.376 e. The molecule has 20 heavy (non-hydrogen) atoms. The average molecular weight is 409 g/mol. The number of halogens is 5. The summed E-state index contributed by atoms with van der Waals surface area (Å²) in [6.45, 7) is 1.80. The van der Waals surface area contributed by atoms with Gasteiger partial charge in [-0.15, -0.1) is 0 Å². The van der Waals surface area contributed by atoms with Crippen molar-refractivity contribution in [2.45, 2.75) is 13.0 Å². The van der Waals surface area contributed by atoms with Gasteiger partial charge in [-0.05, 0) is 46.6 Å². The molecule has 0 heterocycles. The molecule has 106 valence electrons. The van der Waals surface area contributed by atoms with Gasteiger partial charge in [0, 0.05) is 16.6 Å². The van der Waals surface area contributed by atoms with Crippen LogP contribution in [0.1, 0.15) is 18.5 Å². The van der Waals surface area contributed by atoms with Crippen LogP contribution >= 0.6 is 31.9 Å². The molecule has 0 aliphatic rings. The summed E-state index contributed by atoms with van der Waals surface area (Å²) < 4.78 is 40.6. The lowest BCUT2D eigenvalue weighted by atomic mass is 10.1. The van der Waals surface area contributed by atoms with Gasteiger partial charge in [0.2, 0.25) is 0 Å². The molecule has 1 N–H and O–H groups in total. The third-order valence-electron chi connectivity index (χ3n) is 2.81. The van der Waals surface area contributed by atoms with Gasteiger partial charge in [-0.3, -0.25) is 0 Å². The van der Waals surface area contributed by atoms with Crippen molar-refractivity contribution in [2.24, 2.45) is 0 Å². The average Bonchev–Trinajstić information content (AvgIpc) is 2.35. The van der Waals surface area contributed by atoms with Crippen LogP contribution in [0.15, 0.2) is 39.3 Å². The predicted octanol–water partition coefficient (Wildman–Crippen LogP) is 5.80. The number of anilines is 1. The van der Waals surface area contributed by atoms with E-state index in [4.69, 9.17) is 0 Å². The highest BCUT2D eigenvalue weighted by Gasteiger charge is 2.14. The smallest absolute Gasteiger partial charge is 0.149 e. The first kappa shape index (κ1) is 15.4. The van der Waals surface area contributed by atoms with Gasteiger partial charge in [-0.1, -0.05) is 22.0 Å². The summed E-state index contributed by atoms with van der Waals surface area (Å²) in [5.74, 6) is -1.71. The number of nitrogens with one attached hydrogen (secondary N) is 1. The van der Waals surface area contributed by atoms with E-state index >= 15 is 0 Å². The van der Waals surface area contributed by atoms with E-state index in [0.717, 1.165) is 11.6 Å². The molecule has 1 nitrogen and oxygen atoms in total. The van der Waals surface area contributed by atoms with Gasteiger partial charge in [0.1, 0.15) is 17.5 Å². The monoisotopic (exact) mass is 407 g/mol. The summed E-state index contributed by atoms with van der Waals surface area (Å²) >= 11 is 6.27. The number of hydrogen-bond acceptors (Lipinski definition) is 1. The fourth-order valence-corrected chi connectivity index (χ4v) is 2.83. The minimum Gasteiger partial charge on any atom is -0.376 e. The lowest BCUT2D eigenvalue weighted by Crippen LogP contribution is -2.09. The van der Waals surface area contributed by atoms with Crippen LogP contribution < -0.4 is 5.32 Å². The fourth-order valence-electron chi connectivity index (χ4n) is 1.80. The Morgan fingerprint density at radius 2 is 1.65 bits per heavy atom. The number of hydrogen-bond donors (Lipinski definition) is 1. The highest BCUT2D eigenvalue weighted by Crippen LogP contribution is 2.30. The molecule has 0 spiro atoms. The van der Waals surface area contributed by atoms with Crippen molar-refractivity contribution in [3.8, 4) is 0 Å². The maximum Gasteiger partial charge on any atom is 0.149 e. The quantitative estimate of drug-likeness (QED) is 0.632. The molecule has 2 rings (SSSR count). The summed E-state index contributed by atoms with van der Waals surface area (Å²) in [6.07, 6.45) is 0. The molecule has 0 radical (unpaired) electrons. The zero-order chi connectivity index (χ0) is 14.9. The second-order valence-corrected chi connectivity index (χ2v) is 5.99. The molecule has 0 aliphatic heterocycles. The number of rotatable bonds is 3. The van der Waals surface area contributed by atoms with Crippen molar-refractivity contribution in [1.82, 2.24) is 0 Å². The zero-order valence-electron chi connectivity index (χ0n) is 10.4. The molecule has 0 aliphatic carbocycles. The summed E-state index contributed by atoms with van der Waals surface area (Å²) in [5, 5.41) is 2.93. The molecule has 0 saturated heterocycles. The maximum atomic E-state index is 13.7. The minimum absolute atomic E-state index is 0.169.